The van der Waals surface area contributed by atoms with E-state index in [0.29, 0.717) is 5.95 Å². The third kappa shape index (κ3) is 4.84. The number of aryl methyl sites for hydroxylation is 2. The number of para-hydroxylation sites is 1. The molecule has 1 aliphatic rings. The maximum atomic E-state index is 4.64. The highest BCUT2D eigenvalue weighted by Gasteiger charge is 2.14. The largest absolute Gasteiger partial charge is 0.369 e. The average molecular weight is 389 g/mol. The van der Waals surface area contributed by atoms with Crippen molar-refractivity contribution in [2.24, 2.45) is 0 Å². The van der Waals surface area contributed by atoms with Crippen molar-refractivity contribution < 1.29 is 0 Å². The number of nitrogens with one attached hydrogen (secondary N) is 2. The first-order chi connectivity index (χ1) is 14.1. The maximum Gasteiger partial charge on any atom is 0.229 e. The van der Waals surface area contributed by atoms with Crippen LogP contribution in [0.1, 0.15) is 11.3 Å². The summed E-state index contributed by atoms with van der Waals surface area (Å²) >= 11 is 0. The Kier molecular flexibility index (Phi) is 5.62. The first-order valence-corrected chi connectivity index (χ1v) is 10.1. The lowest BCUT2D eigenvalue weighted by Crippen LogP contribution is -2.44. The molecular weight excluding hydrogens is 360 g/mol. The van der Waals surface area contributed by atoms with Crippen LogP contribution < -0.4 is 15.5 Å². The van der Waals surface area contributed by atoms with Gasteiger partial charge in [-0.2, -0.15) is 4.98 Å². The lowest BCUT2D eigenvalue weighted by Gasteiger charge is -2.34. The lowest BCUT2D eigenvalue weighted by atomic mass is 10.2. The van der Waals surface area contributed by atoms with Crippen LogP contribution in [0.5, 0.6) is 0 Å². The highest BCUT2D eigenvalue weighted by Crippen LogP contribution is 2.23. The molecular formula is C23H28N6. The standard InChI is InChI=1S/C23H28N6/c1-17-6-4-5-7-21(17)26-22-16-18(2)24-23(27-22)25-19-8-10-20(11-9-19)29-14-12-28(3)13-15-29/h4-11,16H,12-15H2,1-3H3,(H2,24,25,26,27). The van der Waals surface area contributed by atoms with E-state index in [1.54, 1.807) is 0 Å². The Balaban J connectivity index is 1.46. The van der Waals surface area contributed by atoms with E-state index in [-0.39, 0.29) is 0 Å². The number of rotatable bonds is 5. The third-order valence-electron chi connectivity index (χ3n) is 5.25. The van der Waals surface area contributed by atoms with E-state index >= 15 is 0 Å². The molecule has 0 radical (unpaired) electrons. The fourth-order valence-corrected chi connectivity index (χ4v) is 3.49. The van der Waals surface area contributed by atoms with Gasteiger partial charge in [0.25, 0.3) is 0 Å². The first kappa shape index (κ1) is 19.2. The molecule has 3 aromatic rings. The monoisotopic (exact) mass is 388 g/mol. The summed E-state index contributed by atoms with van der Waals surface area (Å²) in [4.78, 5) is 14.0. The Morgan fingerprint density at radius 1 is 0.828 bits per heavy atom. The fraction of sp³-hybridized carbons (Fsp3) is 0.304. The Morgan fingerprint density at radius 2 is 1.55 bits per heavy atom. The van der Waals surface area contributed by atoms with Crippen molar-refractivity contribution in [3.63, 3.8) is 0 Å². The van der Waals surface area contributed by atoms with Crippen LogP contribution in [0.25, 0.3) is 0 Å². The zero-order valence-corrected chi connectivity index (χ0v) is 17.3. The summed E-state index contributed by atoms with van der Waals surface area (Å²) in [5.41, 5.74) is 5.38. The minimum atomic E-state index is 0.591. The van der Waals surface area contributed by atoms with Crippen LogP contribution in [0.15, 0.2) is 54.6 Å². The van der Waals surface area contributed by atoms with E-state index in [0.717, 1.165) is 49.1 Å². The van der Waals surface area contributed by atoms with Crippen molar-refractivity contribution in [3.8, 4) is 0 Å². The predicted octanol–water partition coefficient (Wildman–Crippen LogP) is 4.33. The van der Waals surface area contributed by atoms with Crippen LogP contribution >= 0.6 is 0 Å². The average Bonchev–Trinajstić information content (AvgIpc) is 2.71. The molecule has 2 heterocycles. The molecule has 6 heteroatoms. The molecule has 4 rings (SSSR count). The molecule has 29 heavy (non-hydrogen) atoms. The van der Waals surface area contributed by atoms with Gasteiger partial charge in [0, 0.05) is 55.0 Å². The second kappa shape index (κ2) is 8.49. The van der Waals surface area contributed by atoms with Gasteiger partial charge in [-0.3, -0.25) is 0 Å². The van der Waals surface area contributed by atoms with Gasteiger partial charge in [-0.1, -0.05) is 18.2 Å². The molecule has 6 nitrogen and oxygen atoms in total. The maximum absolute atomic E-state index is 4.64. The molecule has 1 aliphatic heterocycles. The molecule has 150 valence electrons. The Morgan fingerprint density at radius 3 is 2.28 bits per heavy atom. The summed E-state index contributed by atoms with van der Waals surface area (Å²) in [7, 11) is 2.18. The first-order valence-electron chi connectivity index (χ1n) is 10.1. The van der Waals surface area contributed by atoms with Gasteiger partial charge >= 0.3 is 0 Å². The molecule has 0 bridgehead atoms. The van der Waals surface area contributed by atoms with E-state index < -0.39 is 0 Å². The number of piperazine rings is 1. The zero-order chi connectivity index (χ0) is 20.2. The minimum Gasteiger partial charge on any atom is -0.369 e. The Bertz CT molecular complexity index is 961. The molecule has 1 fully saturated rings. The molecule has 2 N–H and O–H groups in total. The second-order valence-electron chi connectivity index (χ2n) is 7.62. The van der Waals surface area contributed by atoms with Crippen LogP contribution in [0.3, 0.4) is 0 Å². The van der Waals surface area contributed by atoms with Gasteiger partial charge in [0.1, 0.15) is 5.82 Å². The predicted molar refractivity (Wildman–Crippen MR) is 121 cm³/mol. The van der Waals surface area contributed by atoms with E-state index in [9.17, 15) is 0 Å². The summed E-state index contributed by atoms with van der Waals surface area (Å²) < 4.78 is 0. The zero-order valence-electron chi connectivity index (χ0n) is 17.3. The SMILES string of the molecule is Cc1cc(Nc2ccccc2C)nc(Nc2ccc(N3CCN(C)CC3)cc2)n1. The number of hydrogen-bond acceptors (Lipinski definition) is 6. The Labute approximate surface area is 172 Å². The smallest absolute Gasteiger partial charge is 0.229 e. The van der Waals surface area contributed by atoms with Crippen molar-refractivity contribution >= 4 is 28.8 Å². The van der Waals surface area contributed by atoms with Crippen LogP contribution in [-0.4, -0.2) is 48.1 Å². The molecule has 0 amide bonds. The van der Waals surface area contributed by atoms with Gasteiger partial charge in [-0.25, -0.2) is 4.98 Å². The summed E-state index contributed by atoms with van der Waals surface area (Å²) in [5, 5.41) is 6.73. The summed E-state index contributed by atoms with van der Waals surface area (Å²) in [5.74, 6) is 1.37. The normalized spacial score (nSPS) is 14.7. The van der Waals surface area contributed by atoms with Gasteiger partial charge in [-0.15, -0.1) is 0 Å². The van der Waals surface area contributed by atoms with E-state index in [1.165, 1.54) is 11.3 Å². The highest BCUT2D eigenvalue weighted by molar-refractivity contribution is 5.63. The molecule has 0 saturated carbocycles. The van der Waals surface area contributed by atoms with E-state index in [4.69, 9.17) is 0 Å². The van der Waals surface area contributed by atoms with Crippen LogP contribution in [0, 0.1) is 13.8 Å². The van der Waals surface area contributed by atoms with Crippen LogP contribution in [-0.2, 0) is 0 Å². The quantitative estimate of drug-likeness (QED) is 0.678. The Hall–Kier alpha value is -3.12. The number of aromatic nitrogens is 2. The van der Waals surface area contributed by atoms with Gasteiger partial charge in [0.15, 0.2) is 0 Å². The summed E-state index contributed by atoms with van der Waals surface area (Å²) in [6, 6.07) is 18.6. The molecule has 0 atom stereocenters. The summed E-state index contributed by atoms with van der Waals surface area (Å²) in [6.07, 6.45) is 0. The molecule has 1 aromatic heterocycles. The second-order valence-corrected chi connectivity index (χ2v) is 7.62. The lowest BCUT2D eigenvalue weighted by molar-refractivity contribution is 0.313. The fourth-order valence-electron chi connectivity index (χ4n) is 3.49. The van der Waals surface area contributed by atoms with Crippen molar-refractivity contribution in [1.29, 1.82) is 0 Å². The van der Waals surface area contributed by atoms with Crippen molar-refractivity contribution in [3.05, 3.63) is 65.9 Å². The van der Waals surface area contributed by atoms with Gasteiger partial charge in [0.05, 0.1) is 0 Å². The molecule has 1 saturated heterocycles. The highest BCUT2D eigenvalue weighted by atomic mass is 15.2. The van der Waals surface area contributed by atoms with Crippen molar-refractivity contribution in [2.45, 2.75) is 13.8 Å². The number of likely N-dealkylation sites (N-methyl/N-ethyl adjacent to an activating group) is 1. The number of hydrogen-bond donors (Lipinski definition) is 2. The van der Waals surface area contributed by atoms with Crippen molar-refractivity contribution in [2.75, 3.05) is 48.8 Å². The number of anilines is 5. The third-order valence-corrected chi connectivity index (χ3v) is 5.25. The van der Waals surface area contributed by atoms with Crippen molar-refractivity contribution in [1.82, 2.24) is 14.9 Å². The number of nitrogens with zero attached hydrogens (tertiary/aromatic N) is 4. The molecule has 2 aromatic carbocycles. The van der Waals surface area contributed by atoms with Gasteiger partial charge < -0.3 is 20.4 Å². The minimum absolute atomic E-state index is 0.591. The topological polar surface area (TPSA) is 56.3 Å². The van der Waals surface area contributed by atoms with Gasteiger partial charge in [-0.05, 0) is 56.8 Å². The van der Waals surface area contributed by atoms with Crippen LogP contribution in [0.4, 0.5) is 28.8 Å². The summed E-state index contributed by atoms with van der Waals surface area (Å²) in [6.45, 7) is 8.40. The van der Waals surface area contributed by atoms with Gasteiger partial charge in [0.2, 0.25) is 5.95 Å². The van der Waals surface area contributed by atoms with Crippen LogP contribution in [0.2, 0.25) is 0 Å². The van der Waals surface area contributed by atoms with E-state index in [2.05, 4.69) is 80.8 Å². The van der Waals surface area contributed by atoms with E-state index in [1.807, 2.05) is 25.1 Å². The number of benzene rings is 2. The molecule has 0 aliphatic carbocycles. The molecule has 0 spiro atoms. The molecule has 0 unspecified atom stereocenters.